The number of rotatable bonds is 5. The topological polar surface area (TPSA) is 35.5 Å². The van der Waals surface area contributed by atoms with Gasteiger partial charge in [-0.3, -0.25) is 4.90 Å². The van der Waals surface area contributed by atoms with Crippen molar-refractivity contribution in [3.63, 3.8) is 0 Å². The van der Waals surface area contributed by atoms with Crippen LogP contribution in [0.4, 0.5) is 18.9 Å². The number of nitrogens with one attached hydrogen (secondary N) is 1. The van der Waals surface area contributed by atoms with Crippen LogP contribution >= 0.6 is 0 Å². The molecule has 0 aromatic heterocycles. The molecule has 4 rings (SSSR count). The highest BCUT2D eigenvalue weighted by molar-refractivity contribution is 5.59. The fraction of sp³-hybridized carbons (Fsp3) is 0.478. The summed E-state index contributed by atoms with van der Waals surface area (Å²) in [6.07, 6.45) is -2.62. The first kappa shape index (κ1) is 20.2. The Morgan fingerprint density at radius 3 is 2.52 bits per heavy atom. The van der Waals surface area contributed by atoms with Gasteiger partial charge in [0, 0.05) is 18.3 Å². The van der Waals surface area contributed by atoms with Crippen molar-refractivity contribution >= 4 is 5.69 Å². The van der Waals surface area contributed by atoms with Gasteiger partial charge in [-0.05, 0) is 60.5 Å². The van der Waals surface area contributed by atoms with Crippen LogP contribution in [-0.4, -0.2) is 35.7 Å². The second-order valence-electron chi connectivity index (χ2n) is 8.08. The third-order valence-corrected chi connectivity index (χ3v) is 6.57. The summed E-state index contributed by atoms with van der Waals surface area (Å²) in [6.45, 7) is 3.58. The summed E-state index contributed by atoms with van der Waals surface area (Å²) in [5.41, 5.74) is 2.17. The van der Waals surface area contributed by atoms with E-state index >= 15 is 0 Å². The molecular formula is C23H27F3N2O. The van der Waals surface area contributed by atoms with Gasteiger partial charge in [-0.1, -0.05) is 37.3 Å². The van der Waals surface area contributed by atoms with E-state index in [0.717, 1.165) is 30.6 Å². The second-order valence-corrected chi connectivity index (χ2v) is 8.08. The van der Waals surface area contributed by atoms with E-state index in [1.54, 1.807) is 6.07 Å². The van der Waals surface area contributed by atoms with Gasteiger partial charge in [0.1, 0.15) is 0 Å². The summed E-state index contributed by atoms with van der Waals surface area (Å²) in [4.78, 5) is 2.26. The van der Waals surface area contributed by atoms with E-state index in [1.807, 2.05) is 18.2 Å². The Balaban J connectivity index is 1.74. The maximum absolute atomic E-state index is 13.3. The van der Waals surface area contributed by atoms with Gasteiger partial charge in [0.15, 0.2) is 0 Å². The first-order valence-electron chi connectivity index (χ1n) is 10.3. The number of aliphatic hydroxyl groups excluding tert-OH is 1. The standard InChI is InChI=1S/C23H27F3N2O/c1-2-28(10-11-29)17-13-18-19-12-16(23(24,25)26)8-9-21(19)27-22(20(18)14-17)15-6-4-3-5-7-15/h3-9,12,17-18,20,22,27,29H,2,10-11,13-14H2,1H3/t17-,18?,20+,22-/m0/s1. The predicted molar refractivity (Wildman–Crippen MR) is 108 cm³/mol. The van der Waals surface area contributed by atoms with E-state index in [4.69, 9.17) is 0 Å². The third-order valence-electron chi connectivity index (χ3n) is 6.57. The number of nitrogens with zero attached hydrogens (tertiary/aromatic N) is 1. The largest absolute Gasteiger partial charge is 0.416 e. The highest BCUT2D eigenvalue weighted by Gasteiger charge is 2.46. The molecule has 3 nitrogen and oxygen atoms in total. The average molecular weight is 404 g/mol. The summed E-state index contributed by atoms with van der Waals surface area (Å²) in [6, 6.07) is 14.6. The molecule has 1 heterocycles. The smallest absolute Gasteiger partial charge is 0.395 e. The van der Waals surface area contributed by atoms with Gasteiger partial charge >= 0.3 is 6.18 Å². The highest BCUT2D eigenvalue weighted by Crippen LogP contribution is 2.54. The van der Waals surface area contributed by atoms with Crippen molar-refractivity contribution in [3.8, 4) is 0 Å². The normalized spacial score (nSPS) is 26.1. The first-order valence-corrected chi connectivity index (χ1v) is 10.3. The lowest BCUT2D eigenvalue weighted by molar-refractivity contribution is -0.137. The van der Waals surface area contributed by atoms with E-state index in [1.165, 1.54) is 17.7 Å². The second kappa shape index (κ2) is 8.00. The molecule has 1 saturated carbocycles. The minimum Gasteiger partial charge on any atom is -0.395 e. The number of likely N-dealkylation sites (N-methyl/N-ethyl adjacent to an activating group) is 1. The van der Waals surface area contributed by atoms with Crippen LogP contribution in [0.2, 0.25) is 0 Å². The van der Waals surface area contributed by atoms with Gasteiger partial charge in [0.2, 0.25) is 0 Å². The Hall–Kier alpha value is -2.05. The minimum atomic E-state index is -4.34. The molecule has 2 aliphatic rings. The third kappa shape index (κ3) is 3.88. The van der Waals surface area contributed by atoms with Gasteiger partial charge in [0.05, 0.1) is 18.2 Å². The van der Waals surface area contributed by atoms with Crippen LogP contribution in [0, 0.1) is 5.92 Å². The molecule has 156 valence electrons. The average Bonchev–Trinajstić information content (AvgIpc) is 3.16. The molecule has 1 fully saturated rings. The lowest BCUT2D eigenvalue weighted by atomic mass is 9.77. The molecule has 2 aromatic rings. The molecule has 1 aliphatic carbocycles. The summed E-state index contributed by atoms with van der Waals surface area (Å²) < 4.78 is 40.0. The minimum absolute atomic E-state index is 0.0662. The quantitative estimate of drug-likeness (QED) is 0.732. The first-order chi connectivity index (χ1) is 13.9. The van der Waals surface area contributed by atoms with Gasteiger partial charge in [-0.25, -0.2) is 0 Å². The van der Waals surface area contributed by atoms with Crippen molar-refractivity contribution in [2.75, 3.05) is 25.0 Å². The summed E-state index contributed by atoms with van der Waals surface area (Å²) >= 11 is 0. The zero-order valence-corrected chi connectivity index (χ0v) is 16.5. The molecule has 0 saturated heterocycles. The van der Waals surface area contributed by atoms with Crippen LogP contribution in [0.1, 0.15) is 48.4 Å². The molecule has 1 aliphatic heterocycles. The van der Waals surface area contributed by atoms with Crippen LogP contribution in [0.15, 0.2) is 48.5 Å². The number of hydrogen-bond donors (Lipinski definition) is 2. The summed E-state index contributed by atoms with van der Waals surface area (Å²) in [5, 5.41) is 13.0. The van der Waals surface area contributed by atoms with E-state index in [0.29, 0.717) is 6.54 Å². The van der Waals surface area contributed by atoms with Gasteiger partial charge in [-0.15, -0.1) is 0 Å². The molecule has 0 amide bonds. The van der Waals surface area contributed by atoms with E-state index in [9.17, 15) is 18.3 Å². The van der Waals surface area contributed by atoms with Crippen molar-refractivity contribution in [2.45, 2.75) is 43.9 Å². The molecule has 0 spiro atoms. The van der Waals surface area contributed by atoms with Gasteiger partial charge in [0.25, 0.3) is 0 Å². The lowest BCUT2D eigenvalue weighted by Crippen LogP contribution is -2.36. The number of benzene rings is 2. The van der Waals surface area contributed by atoms with Crippen LogP contribution in [-0.2, 0) is 6.18 Å². The zero-order chi connectivity index (χ0) is 20.6. The van der Waals surface area contributed by atoms with Crippen molar-refractivity contribution in [2.24, 2.45) is 5.92 Å². The van der Waals surface area contributed by atoms with Crippen LogP contribution < -0.4 is 5.32 Å². The lowest BCUT2D eigenvalue weighted by Gasteiger charge is -2.38. The molecule has 6 heteroatoms. The summed E-state index contributed by atoms with van der Waals surface area (Å²) in [7, 11) is 0. The number of hydrogen-bond acceptors (Lipinski definition) is 3. The van der Waals surface area contributed by atoms with Crippen molar-refractivity contribution < 1.29 is 18.3 Å². The molecule has 1 unspecified atom stereocenters. The monoisotopic (exact) mass is 404 g/mol. The van der Waals surface area contributed by atoms with Crippen LogP contribution in [0.3, 0.4) is 0 Å². The maximum Gasteiger partial charge on any atom is 0.416 e. The molecule has 4 atom stereocenters. The van der Waals surface area contributed by atoms with Crippen molar-refractivity contribution in [3.05, 3.63) is 65.2 Å². The summed E-state index contributed by atoms with van der Waals surface area (Å²) in [5.74, 6) is 0.280. The van der Waals surface area contributed by atoms with E-state index in [-0.39, 0.29) is 30.5 Å². The van der Waals surface area contributed by atoms with E-state index in [2.05, 4.69) is 29.3 Å². The Morgan fingerprint density at radius 1 is 1.10 bits per heavy atom. The van der Waals surface area contributed by atoms with Crippen LogP contribution in [0.25, 0.3) is 0 Å². The maximum atomic E-state index is 13.3. The molecule has 2 aromatic carbocycles. The van der Waals surface area contributed by atoms with E-state index < -0.39 is 11.7 Å². The number of anilines is 1. The van der Waals surface area contributed by atoms with Crippen molar-refractivity contribution in [1.82, 2.24) is 4.90 Å². The Kier molecular flexibility index (Phi) is 5.58. The van der Waals surface area contributed by atoms with Crippen LogP contribution in [0.5, 0.6) is 0 Å². The Bertz CT molecular complexity index is 840. The number of alkyl halides is 3. The molecule has 0 bridgehead atoms. The fourth-order valence-corrected chi connectivity index (χ4v) is 5.24. The number of halogens is 3. The molecular weight excluding hydrogens is 377 g/mol. The highest BCUT2D eigenvalue weighted by atomic mass is 19.4. The zero-order valence-electron chi connectivity index (χ0n) is 16.5. The van der Waals surface area contributed by atoms with Gasteiger partial charge in [-0.2, -0.15) is 13.2 Å². The predicted octanol–water partition coefficient (Wildman–Crippen LogP) is 5.05. The number of fused-ring (bicyclic) bond motifs is 3. The molecule has 2 N–H and O–H groups in total. The van der Waals surface area contributed by atoms with Crippen molar-refractivity contribution in [1.29, 1.82) is 0 Å². The Morgan fingerprint density at radius 2 is 1.86 bits per heavy atom. The SMILES string of the molecule is CCN(CCO)[C@H]1CC2c3cc(C(F)(F)F)ccc3N[C@@H](c3ccccc3)[C@@H]2C1. The Labute approximate surface area is 169 Å². The molecule has 0 radical (unpaired) electrons. The van der Waals surface area contributed by atoms with Gasteiger partial charge < -0.3 is 10.4 Å². The number of aliphatic hydroxyl groups is 1. The fourth-order valence-electron chi connectivity index (χ4n) is 5.24. The molecule has 29 heavy (non-hydrogen) atoms.